The van der Waals surface area contributed by atoms with Crippen LogP contribution < -0.4 is 5.32 Å². The predicted molar refractivity (Wildman–Crippen MR) is 60.5 cm³/mol. The molecule has 0 radical (unpaired) electrons. The van der Waals surface area contributed by atoms with Gasteiger partial charge in [0.1, 0.15) is 0 Å². The van der Waals surface area contributed by atoms with Crippen LogP contribution in [0.25, 0.3) is 0 Å². The highest BCUT2D eigenvalue weighted by Gasteiger charge is 2.32. The molecule has 0 aromatic carbocycles. The van der Waals surface area contributed by atoms with Crippen LogP contribution in [0, 0.1) is 5.92 Å². The van der Waals surface area contributed by atoms with Gasteiger partial charge in [0.15, 0.2) is 0 Å². The Hall–Kier alpha value is -0.0800. The van der Waals surface area contributed by atoms with Crippen molar-refractivity contribution in [1.29, 1.82) is 0 Å². The van der Waals surface area contributed by atoms with Gasteiger partial charge in [-0.2, -0.15) is 0 Å². The summed E-state index contributed by atoms with van der Waals surface area (Å²) in [7, 11) is 0. The normalized spacial score (nSPS) is 29.4. The predicted octanol–water partition coefficient (Wildman–Crippen LogP) is 2.58. The Morgan fingerprint density at radius 3 is 2.71 bits per heavy atom. The summed E-state index contributed by atoms with van der Waals surface area (Å²) in [5.74, 6) is 0.747. The molecule has 1 saturated heterocycles. The fourth-order valence-electron chi connectivity index (χ4n) is 2.47. The smallest absolute Gasteiger partial charge is 0.0616 e. The summed E-state index contributed by atoms with van der Waals surface area (Å²) >= 11 is 0. The van der Waals surface area contributed by atoms with Crippen molar-refractivity contribution in [2.45, 2.75) is 58.6 Å². The van der Waals surface area contributed by atoms with E-state index in [1.165, 1.54) is 19.3 Å². The minimum Gasteiger partial charge on any atom is -0.378 e. The SMILES string of the molecule is CCCNC(CC)C1CCOC1CC. The Kier molecular flexibility index (Phi) is 5.49. The molecule has 1 aliphatic heterocycles. The van der Waals surface area contributed by atoms with Crippen molar-refractivity contribution in [3.05, 3.63) is 0 Å². The third-order valence-electron chi connectivity index (χ3n) is 3.28. The lowest BCUT2D eigenvalue weighted by atomic mass is 9.89. The minimum atomic E-state index is 0.504. The van der Waals surface area contributed by atoms with E-state index in [1.54, 1.807) is 0 Å². The molecule has 1 heterocycles. The van der Waals surface area contributed by atoms with Gasteiger partial charge < -0.3 is 10.1 Å². The number of ether oxygens (including phenoxy) is 1. The van der Waals surface area contributed by atoms with Crippen molar-refractivity contribution < 1.29 is 4.74 Å². The summed E-state index contributed by atoms with van der Waals surface area (Å²) in [6.07, 6.45) is 5.36. The molecule has 0 amide bonds. The van der Waals surface area contributed by atoms with Crippen LogP contribution in [-0.2, 0) is 4.74 Å². The van der Waals surface area contributed by atoms with Gasteiger partial charge >= 0.3 is 0 Å². The topological polar surface area (TPSA) is 21.3 Å². The van der Waals surface area contributed by atoms with E-state index in [4.69, 9.17) is 4.74 Å². The average molecular weight is 199 g/mol. The van der Waals surface area contributed by atoms with Gasteiger partial charge in [-0.3, -0.25) is 0 Å². The third-order valence-corrected chi connectivity index (χ3v) is 3.28. The first kappa shape index (κ1) is 12.0. The lowest BCUT2D eigenvalue weighted by molar-refractivity contribution is 0.0770. The number of rotatable bonds is 6. The van der Waals surface area contributed by atoms with Crippen molar-refractivity contribution in [1.82, 2.24) is 5.32 Å². The maximum atomic E-state index is 5.74. The summed E-state index contributed by atoms with van der Waals surface area (Å²) in [4.78, 5) is 0. The molecule has 1 aliphatic rings. The second kappa shape index (κ2) is 6.41. The van der Waals surface area contributed by atoms with E-state index < -0.39 is 0 Å². The van der Waals surface area contributed by atoms with Gasteiger partial charge in [-0.05, 0) is 32.2 Å². The van der Waals surface area contributed by atoms with Gasteiger partial charge in [0.2, 0.25) is 0 Å². The summed E-state index contributed by atoms with van der Waals surface area (Å²) in [6.45, 7) is 8.84. The zero-order valence-corrected chi connectivity index (χ0v) is 9.88. The van der Waals surface area contributed by atoms with Crippen LogP contribution in [0.1, 0.15) is 46.5 Å². The van der Waals surface area contributed by atoms with Crippen molar-refractivity contribution >= 4 is 0 Å². The van der Waals surface area contributed by atoms with Gasteiger partial charge in [0, 0.05) is 18.6 Å². The van der Waals surface area contributed by atoms with Gasteiger partial charge in [-0.1, -0.05) is 20.8 Å². The second-order valence-corrected chi connectivity index (χ2v) is 4.24. The molecule has 2 nitrogen and oxygen atoms in total. The van der Waals surface area contributed by atoms with E-state index in [2.05, 4.69) is 26.1 Å². The van der Waals surface area contributed by atoms with Crippen LogP contribution in [0.5, 0.6) is 0 Å². The molecule has 3 atom stereocenters. The van der Waals surface area contributed by atoms with E-state index >= 15 is 0 Å². The Labute approximate surface area is 88.4 Å². The molecule has 14 heavy (non-hydrogen) atoms. The van der Waals surface area contributed by atoms with Crippen LogP contribution in [0.4, 0.5) is 0 Å². The molecule has 0 spiro atoms. The number of hydrogen-bond acceptors (Lipinski definition) is 2. The molecule has 84 valence electrons. The number of nitrogens with one attached hydrogen (secondary N) is 1. The average Bonchev–Trinajstić information content (AvgIpc) is 2.67. The molecule has 0 aliphatic carbocycles. The van der Waals surface area contributed by atoms with Crippen LogP contribution >= 0.6 is 0 Å². The van der Waals surface area contributed by atoms with E-state index in [1.807, 2.05) is 0 Å². The highest BCUT2D eigenvalue weighted by molar-refractivity contribution is 4.84. The van der Waals surface area contributed by atoms with Gasteiger partial charge in [-0.25, -0.2) is 0 Å². The maximum absolute atomic E-state index is 5.74. The van der Waals surface area contributed by atoms with Crippen LogP contribution in [0.2, 0.25) is 0 Å². The molecular weight excluding hydrogens is 174 g/mol. The zero-order chi connectivity index (χ0) is 10.4. The summed E-state index contributed by atoms with van der Waals surface area (Å²) in [5.41, 5.74) is 0. The largest absolute Gasteiger partial charge is 0.378 e. The monoisotopic (exact) mass is 199 g/mol. The molecular formula is C12H25NO. The van der Waals surface area contributed by atoms with E-state index in [0.29, 0.717) is 12.1 Å². The van der Waals surface area contributed by atoms with Crippen LogP contribution in [0.3, 0.4) is 0 Å². The van der Waals surface area contributed by atoms with Gasteiger partial charge in [0.05, 0.1) is 6.10 Å². The fourth-order valence-corrected chi connectivity index (χ4v) is 2.47. The first-order valence-corrected chi connectivity index (χ1v) is 6.18. The van der Waals surface area contributed by atoms with E-state index in [0.717, 1.165) is 25.5 Å². The molecule has 2 heteroatoms. The van der Waals surface area contributed by atoms with Gasteiger partial charge in [-0.15, -0.1) is 0 Å². The zero-order valence-electron chi connectivity index (χ0n) is 9.88. The molecule has 0 bridgehead atoms. The first-order chi connectivity index (χ1) is 6.83. The molecule has 3 unspecified atom stereocenters. The molecule has 1 N–H and O–H groups in total. The van der Waals surface area contributed by atoms with E-state index in [-0.39, 0.29) is 0 Å². The van der Waals surface area contributed by atoms with Crippen molar-refractivity contribution in [3.63, 3.8) is 0 Å². The second-order valence-electron chi connectivity index (χ2n) is 4.24. The number of hydrogen-bond donors (Lipinski definition) is 1. The summed E-state index contributed by atoms with van der Waals surface area (Å²) in [5, 5.41) is 3.65. The highest BCUT2D eigenvalue weighted by atomic mass is 16.5. The molecule has 0 aromatic heterocycles. The van der Waals surface area contributed by atoms with Crippen molar-refractivity contribution in [3.8, 4) is 0 Å². The third kappa shape index (κ3) is 2.96. The highest BCUT2D eigenvalue weighted by Crippen LogP contribution is 2.27. The standard InChI is InChI=1S/C12H25NO/c1-4-8-13-11(5-2)10-7-9-14-12(10)6-3/h10-13H,4-9H2,1-3H3. The molecule has 0 aromatic rings. The maximum Gasteiger partial charge on any atom is 0.0616 e. The van der Waals surface area contributed by atoms with Crippen LogP contribution in [-0.4, -0.2) is 25.3 Å². The van der Waals surface area contributed by atoms with Gasteiger partial charge in [0.25, 0.3) is 0 Å². The van der Waals surface area contributed by atoms with Crippen molar-refractivity contribution in [2.24, 2.45) is 5.92 Å². The molecule has 0 saturated carbocycles. The summed E-state index contributed by atoms with van der Waals surface area (Å²) in [6, 6.07) is 0.669. The first-order valence-electron chi connectivity index (χ1n) is 6.18. The molecule has 1 fully saturated rings. The lowest BCUT2D eigenvalue weighted by Crippen LogP contribution is -2.39. The lowest BCUT2D eigenvalue weighted by Gasteiger charge is -2.27. The Bertz CT molecular complexity index is 149. The fraction of sp³-hybridized carbons (Fsp3) is 1.00. The Balaban J connectivity index is 2.41. The summed E-state index contributed by atoms with van der Waals surface area (Å²) < 4.78 is 5.74. The quantitative estimate of drug-likeness (QED) is 0.710. The Morgan fingerprint density at radius 2 is 2.14 bits per heavy atom. The molecule has 1 rings (SSSR count). The van der Waals surface area contributed by atoms with Crippen molar-refractivity contribution in [2.75, 3.05) is 13.2 Å². The minimum absolute atomic E-state index is 0.504. The van der Waals surface area contributed by atoms with E-state index in [9.17, 15) is 0 Å². The van der Waals surface area contributed by atoms with Crippen LogP contribution in [0.15, 0.2) is 0 Å². The Morgan fingerprint density at radius 1 is 1.36 bits per heavy atom.